The summed E-state index contributed by atoms with van der Waals surface area (Å²) >= 11 is 6.60. The molecule has 4 nitrogen and oxygen atoms in total. The van der Waals surface area contributed by atoms with Crippen molar-refractivity contribution in [3.63, 3.8) is 0 Å². The second-order valence-corrected chi connectivity index (χ2v) is 6.13. The van der Waals surface area contributed by atoms with Crippen LogP contribution in [0.5, 0.6) is 5.75 Å². The van der Waals surface area contributed by atoms with Gasteiger partial charge in [0.2, 0.25) is 0 Å². The molecule has 1 amide bonds. The lowest BCUT2D eigenvalue weighted by Gasteiger charge is -2.03. The summed E-state index contributed by atoms with van der Waals surface area (Å²) in [5.41, 5.74) is 3.52. The molecule has 0 unspecified atom stereocenters. The third-order valence-electron chi connectivity index (χ3n) is 2.66. The molecule has 0 heterocycles. The van der Waals surface area contributed by atoms with Gasteiger partial charge >= 0.3 is 0 Å². The zero-order valence-electron chi connectivity index (χ0n) is 11.3. The fourth-order valence-electron chi connectivity index (χ4n) is 1.65. The fourth-order valence-corrected chi connectivity index (χ4v) is 2.38. The molecule has 0 spiro atoms. The molecule has 2 aromatic carbocycles. The normalized spacial score (nSPS) is 11.6. The summed E-state index contributed by atoms with van der Waals surface area (Å²) in [6, 6.07) is 14.3. The van der Waals surface area contributed by atoms with Crippen LogP contribution in [0.2, 0.25) is 0 Å². The van der Waals surface area contributed by atoms with E-state index >= 15 is 0 Å². The fraction of sp³-hybridized carbons (Fsp3) is 0. The summed E-state index contributed by atoms with van der Waals surface area (Å²) < 4.78 is 1.40. The number of carbonyl (C=O) groups is 1. The maximum atomic E-state index is 11.9. The number of rotatable bonds is 4. The lowest BCUT2D eigenvalue weighted by atomic mass is 10.2. The first-order valence-corrected chi connectivity index (χ1v) is 7.89. The van der Waals surface area contributed by atoms with Crippen LogP contribution in [0.15, 0.2) is 62.6 Å². The number of halogens is 2. The minimum absolute atomic E-state index is 0.102. The molecule has 0 saturated heterocycles. The number of carbonyl (C=O) groups excluding carboxylic acids is 1. The van der Waals surface area contributed by atoms with E-state index in [0.717, 1.165) is 5.56 Å². The molecule has 22 heavy (non-hydrogen) atoms. The lowest BCUT2D eigenvalue weighted by molar-refractivity contribution is 0.0952. The maximum absolute atomic E-state index is 11.9. The largest absolute Gasteiger partial charge is 0.507 e. The summed E-state index contributed by atoms with van der Waals surface area (Å²) in [7, 11) is 0. The molecule has 0 saturated carbocycles. The number of aromatic hydroxyl groups is 1. The molecule has 2 N–H and O–H groups in total. The van der Waals surface area contributed by atoms with Crippen molar-refractivity contribution in [1.82, 2.24) is 5.43 Å². The van der Waals surface area contributed by atoms with Crippen LogP contribution in [0, 0.1) is 0 Å². The van der Waals surface area contributed by atoms with Crippen LogP contribution in [0.4, 0.5) is 0 Å². The van der Waals surface area contributed by atoms with E-state index in [0.29, 0.717) is 8.96 Å². The van der Waals surface area contributed by atoms with E-state index in [-0.39, 0.29) is 11.3 Å². The number of amides is 1. The van der Waals surface area contributed by atoms with E-state index in [1.807, 2.05) is 36.4 Å². The molecule has 0 aromatic heterocycles. The van der Waals surface area contributed by atoms with Gasteiger partial charge in [-0.1, -0.05) is 46.3 Å². The average Bonchev–Trinajstić information content (AvgIpc) is 2.50. The third-order valence-corrected chi connectivity index (χ3v) is 3.59. The van der Waals surface area contributed by atoms with Gasteiger partial charge in [-0.3, -0.25) is 4.79 Å². The van der Waals surface area contributed by atoms with Crippen molar-refractivity contribution in [2.45, 2.75) is 0 Å². The predicted octanol–water partition coefficient (Wildman–Crippen LogP) is 4.31. The Morgan fingerprint density at radius 2 is 1.91 bits per heavy atom. The Morgan fingerprint density at radius 1 is 1.18 bits per heavy atom. The smallest absolute Gasteiger partial charge is 0.275 e. The highest BCUT2D eigenvalue weighted by atomic mass is 79.9. The molecule has 2 rings (SSSR count). The number of allylic oxidation sites excluding steroid dienone is 1. The van der Waals surface area contributed by atoms with Crippen molar-refractivity contribution in [3.05, 3.63) is 68.6 Å². The van der Waals surface area contributed by atoms with Gasteiger partial charge in [-0.2, -0.15) is 5.10 Å². The number of nitrogens with one attached hydrogen (secondary N) is 1. The summed E-state index contributed by atoms with van der Waals surface area (Å²) in [5.74, 6) is -0.593. The van der Waals surface area contributed by atoms with Crippen LogP contribution < -0.4 is 5.43 Å². The van der Waals surface area contributed by atoms with Gasteiger partial charge in [-0.15, -0.1) is 0 Å². The van der Waals surface area contributed by atoms with Crippen molar-refractivity contribution in [2.24, 2.45) is 5.10 Å². The molecule has 0 aliphatic heterocycles. The van der Waals surface area contributed by atoms with Crippen LogP contribution in [-0.4, -0.2) is 17.2 Å². The molecule has 0 aliphatic rings. The average molecular weight is 424 g/mol. The number of nitrogens with zero attached hydrogens (tertiary/aromatic N) is 1. The number of hydrogen-bond acceptors (Lipinski definition) is 3. The summed E-state index contributed by atoms with van der Waals surface area (Å²) in [5, 5.41) is 13.5. The quantitative estimate of drug-likeness (QED) is 0.568. The first-order chi connectivity index (χ1) is 10.6. The number of hydrazone groups is 1. The van der Waals surface area contributed by atoms with Gasteiger partial charge in [-0.05, 0) is 45.8 Å². The van der Waals surface area contributed by atoms with Crippen molar-refractivity contribution in [2.75, 3.05) is 0 Å². The van der Waals surface area contributed by atoms with E-state index in [2.05, 4.69) is 42.4 Å². The molecule has 2 aromatic rings. The van der Waals surface area contributed by atoms with Crippen molar-refractivity contribution >= 4 is 50.1 Å². The Hall–Kier alpha value is -1.92. The van der Waals surface area contributed by atoms with Gasteiger partial charge in [0.15, 0.2) is 0 Å². The Labute approximate surface area is 144 Å². The Bertz CT molecular complexity index is 728. The number of phenols is 1. The summed E-state index contributed by atoms with van der Waals surface area (Å²) in [6.45, 7) is 0. The van der Waals surface area contributed by atoms with E-state index in [1.54, 1.807) is 6.07 Å². The zero-order valence-corrected chi connectivity index (χ0v) is 14.5. The molecule has 0 bridgehead atoms. The van der Waals surface area contributed by atoms with E-state index in [9.17, 15) is 9.90 Å². The number of phenolic OH excluding ortho intramolecular Hbond substituents is 1. The topological polar surface area (TPSA) is 61.7 Å². The van der Waals surface area contributed by atoms with Gasteiger partial charge in [0, 0.05) is 8.96 Å². The Kier molecular flexibility index (Phi) is 5.91. The van der Waals surface area contributed by atoms with Crippen LogP contribution in [-0.2, 0) is 0 Å². The second-order valence-electron chi connectivity index (χ2n) is 4.30. The predicted molar refractivity (Wildman–Crippen MR) is 95.1 cm³/mol. The highest BCUT2D eigenvalue weighted by Gasteiger charge is 2.10. The van der Waals surface area contributed by atoms with Crippen molar-refractivity contribution in [1.29, 1.82) is 0 Å². The summed E-state index contributed by atoms with van der Waals surface area (Å²) in [4.78, 5) is 11.9. The molecular weight excluding hydrogens is 412 g/mol. The molecule has 0 fully saturated rings. The van der Waals surface area contributed by atoms with E-state index in [4.69, 9.17) is 0 Å². The lowest BCUT2D eigenvalue weighted by Crippen LogP contribution is -2.17. The highest BCUT2D eigenvalue weighted by Crippen LogP contribution is 2.21. The van der Waals surface area contributed by atoms with E-state index < -0.39 is 5.91 Å². The number of hydrogen-bond donors (Lipinski definition) is 2. The highest BCUT2D eigenvalue weighted by molar-refractivity contribution is 9.12. The third kappa shape index (κ3) is 4.82. The van der Waals surface area contributed by atoms with Crippen molar-refractivity contribution in [3.8, 4) is 5.75 Å². The maximum Gasteiger partial charge on any atom is 0.275 e. The van der Waals surface area contributed by atoms with Gasteiger partial charge in [0.25, 0.3) is 5.91 Å². The first-order valence-electron chi connectivity index (χ1n) is 6.30. The van der Waals surface area contributed by atoms with Crippen molar-refractivity contribution < 1.29 is 9.90 Å². The molecule has 6 heteroatoms. The molecule has 112 valence electrons. The molecule has 0 radical (unpaired) electrons. The minimum atomic E-state index is -0.491. The Balaban J connectivity index is 2.01. The monoisotopic (exact) mass is 422 g/mol. The van der Waals surface area contributed by atoms with Crippen LogP contribution in [0.3, 0.4) is 0 Å². The first kappa shape index (κ1) is 16.5. The van der Waals surface area contributed by atoms with Gasteiger partial charge in [0.05, 0.1) is 11.8 Å². The second kappa shape index (κ2) is 7.91. The minimum Gasteiger partial charge on any atom is -0.507 e. The molecular formula is C16H12Br2N2O2. The van der Waals surface area contributed by atoms with Gasteiger partial charge in [-0.25, -0.2) is 5.43 Å². The van der Waals surface area contributed by atoms with Crippen LogP contribution in [0.25, 0.3) is 6.08 Å². The van der Waals surface area contributed by atoms with Gasteiger partial charge in [0.1, 0.15) is 5.75 Å². The zero-order chi connectivity index (χ0) is 15.9. The van der Waals surface area contributed by atoms with Gasteiger partial charge < -0.3 is 5.11 Å². The van der Waals surface area contributed by atoms with Crippen LogP contribution >= 0.6 is 31.9 Å². The Morgan fingerprint density at radius 3 is 2.64 bits per heavy atom. The van der Waals surface area contributed by atoms with E-state index in [1.165, 1.54) is 18.3 Å². The SMILES string of the molecule is O=C(N/N=C\C(Br)=C/c1ccccc1)c1cc(Br)ccc1O. The van der Waals surface area contributed by atoms with Crippen LogP contribution in [0.1, 0.15) is 15.9 Å². The standard InChI is InChI=1S/C16H12Br2N2O2/c17-12-6-7-15(21)14(9-12)16(22)20-19-10-13(18)8-11-4-2-1-3-5-11/h1-10,21H,(H,20,22)/b13-8+,19-10-. The summed E-state index contributed by atoms with van der Waals surface area (Å²) in [6.07, 6.45) is 3.34. The number of benzene rings is 2. The molecule has 0 atom stereocenters. The molecule has 0 aliphatic carbocycles.